The molecular weight excluding hydrogens is 363 g/mol. The lowest BCUT2D eigenvalue weighted by molar-refractivity contribution is 0.588. The molecule has 0 amide bonds. The van der Waals surface area contributed by atoms with E-state index in [4.69, 9.17) is 0 Å². The summed E-state index contributed by atoms with van der Waals surface area (Å²) in [7, 11) is -3.13. The van der Waals surface area contributed by atoms with Gasteiger partial charge in [0.2, 0.25) is 0 Å². The van der Waals surface area contributed by atoms with Crippen molar-refractivity contribution in [3.05, 3.63) is 34.1 Å². The zero-order valence-corrected chi connectivity index (χ0v) is 12.7. The first-order valence-corrected chi connectivity index (χ1v) is 8.17. The van der Waals surface area contributed by atoms with Crippen LogP contribution in [-0.4, -0.2) is 19.9 Å². The zero-order chi connectivity index (χ0) is 12.5. The maximum atomic E-state index is 13.0. The van der Waals surface area contributed by atoms with Crippen LogP contribution in [0.4, 0.5) is 4.39 Å². The minimum Gasteiger partial charge on any atom is -0.229 e. The van der Waals surface area contributed by atoms with Crippen LogP contribution in [0, 0.1) is 5.82 Å². The fourth-order valence-electron chi connectivity index (χ4n) is 1.17. The number of halogens is 3. The molecule has 2 unspecified atom stereocenters. The molecule has 0 N–H and O–H groups in total. The highest BCUT2D eigenvalue weighted by Crippen LogP contribution is 2.32. The van der Waals surface area contributed by atoms with Gasteiger partial charge in [0, 0.05) is 6.26 Å². The lowest BCUT2D eigenvalue weighted by atomic mass is 10.1. The summed E-state index contributed by atoms with van der Waals surface area (Å²) in [5.41, 5.74) is 0.728. The van der Waals surface area contributed by atoms with Crippen LogP contribution in [0.1, 0.15) is 17.3 Å². The monoisotopic (exact) mass is 372 g/mol. The second-order valence-electron chi connectivity index (χ2n) is 3.61. The molecule has 16 heavy (non-hydrogen) atoms. The Bertz CT molecular complexity index is 488. The number of alkyl halides is 1. The third kappa shape index (κ3) is 3.28. The van der Waals surface area contributed by atoms with Crippen LogP contribution in [0.5, 0.6) is 0 Å². The topological polar surface area (TPSA) is 34.1 Å². The van der Waals surface area contributed by atoms with E-state index in [0.29, 0.717) is 4.47 Å². The van der Waals surface area contributed by atoms with Crippen LogP contribution in [0.2, 0.25) is 0 Å². The molecular formula is C10H11Br2FO2S. The van der Waals surface area contributed by atoms with Gasteiger partial charge >= 0.3 is 0 Å². The minimum atomic E-state index is -3.13. The molecule has 0 aromatic heterocycles. The van der Waals surface area contributed by atoms with E-state index >= 15 is 0 Å². The molecule has 0 spiro atoms. The molecule has 0 bridgehead atoms. The fourth-order valence-corrected chi connectivity index (χ4v) is 3.62. The van der Waals surface area contributed by atoms with E-state index in [1.807, 2.05) is 0 Å². The van der Waals surface area contributed by atoms with E-state index in [1.165, 1.54) is 12.3 Å². The number of hydrogen-bond acceptors (Lipinski definition) is 2. The summed E-state index contributed by atoms with van der Waals surface area (Å²) in [5, 5.41) is -0.565. The van der Waals surface area contributed by atoms with Gasteiger partial charge in [-0.15, -0.1) is 0 Å². The SMILES string of the molecule is CC(C(Br)c1ccc(F)c(Br)c1)S(C)(=O)=O. The van der Waals surface area contributed by atoms with Crippen LogP contribution < -0.4 is 0 Å². The van der Waals surface area contributed by atoms with Crippen molar-refractivity contribution in [2.75, 3.05) is 6.26 Å². The Labute approximate surface area is 111 Å². The summed E-state index contributed by atoms with van der Waals surface area (Å²) < 4.78 is 36.1. The molecule has 2 atom stereocenters. The Kier molecular flexibility index (Phi) is 4.54. The lowest BCUT2D eigenvalue weighted by Gasteiger charge is -2.17. The summed E-state index contributed by atoms with van der Waals surface area (Å²) in [6, 6.07) is 4.46. The first-order chi connectivity index (χ1) is 7.23. The molecule has 6 heteroatoms. The van der Waals surface area contributed by atoms with Crippen LogP contribution in [0.25, 0.3) is 0 Å². The second-order valence-corrected chi connectivity index (χ2v) is 7.85. The van der Waals surface area contributed by atoms with Gasteiger partial charge in [0.1, 0.15) is 5.82 Å². The molecule has 0 saturated heterocycles. The number of rotatable bonds is 3. The van der Waals surface area contributed by atoms with Crippen LogP contribution >= 0.6 is 31.9 Å². The number of benzene rings is 1. The Morgan fingerprint density at radius 1 is 1.38 bits per heavy atom. The molecule has 0 fully saturated rings. The maximum absolute atomic E-state index is 13.0. The summed E-state index contributed by atoms with van der Waals surface area (Å²) in [5.74, 6) is -0.365. The van der Waals surface area contributed by atoms with Gasteiger partial charge in [0.05, 0.1) is 14.5 Å². The van der Waals surface area contributed by atoms with Crippen molar-refractivity contribution < 1.29 is 12.8 Å². The van der Waals surface area contributed by atoms with Gasteiger partial charge in [-0.2, -0.15) is 0 Å². The molecule has 0 radical (unpaired) electrons. The zero-order valence-electron chi connectivity index (χ0n) is 8.75. The van der Waals surface area contributed by atoms with Crippen molar-refractivity contribution in [3.8, 4) is 0 Å². The second kappa shape index (κ2) is 5.14. The van der Waals surface area contributed by atoms with Gasteiger partial charge in [-0.25, -0.2) is 12.8 Å². The van der Waals surface area contributed by atoms with Gasteiger partial charge in [-0.3, -0.25) is 0 Å². The summed E-state index contributed by atoms with van der Waals surface area (Å²) in [6.45, 7) is 1.62. The van der Waals surface area contributed by atoms with Gasteiger partial charge in [0.15, 0.2) is 9.84 Å². The highest BCUT2D eigenvalue weighted by atomic mass is 79.9. The highest BCUT2D eigenvalue weighted by molar-refractivity contribution is 9.10. The molecule has 0 aliphatic carbocycles. The van der Waals surface area contributed by atoms with Gasteiger partial charge < -0.3 is 0 Å². The molecule has 0 aliphatic rings. The van der Waals surface area contributed by atoms with E-state index < -0.39 is 15.1 Å². The predicted octanol–water partition coefficient (Wildman–Crippen LogP) is 3.46. The first kappa shape index (κ1) is 14.1. The highest BCUT2D eigenvalue weighted by Gasteiger charge is 2.25. The third-order valence-corrected chi connectivity index (χ3v) is 6.25. The molecule has 90 valence electrons. The standard InChI is InChI=1S/C10H11Br2FO2S/c1-6(16(2,14)15)10(12)7-3-4-9(13)8(11)5-7/h3-6,10H,1-2H3. The molecule has 1 rings (SSSR count). The van der Waals surface area contributed by atoms with Crippen LogP contribution in [0.15, 0.2) is 22.7 Å². The Morgan fingerprint density at radius 2 is 1.94 bits per heavy atom. The Morgan fingerprint density at radius 3 is 2.38 bits per heavy atom. The van der Waals surface area contributed by atoms with E-state index in [-0.39, 0.29) is 10.6 Å². The van der Waals surface area contributed by atoms with Crippen LogP contribution in [0.3, 0.4) is 0 Å². The number of hydrogen-bond donors (Lipinski definition) is 0. The average Bonchev–Trinajstić information content (AvgIpc) is 2.18. The van der Waals surface area contributed by atoms with Crippen molar-refractivity contribution in [2.24, 2.45) is 0 Å². The molecule has 0 aliphatic heterocycles. The molecule has 1 aromatic rings. The third-order valence-electron chi connectivity index (χ3n) is 2.35. The minimum absolute atomic E-state index is 0.329. The van der Waals surface area contributed by atoms with Crippen molar-refractivity contribution in [1.82, 2.24) is 0 Å². The van der Waals surface area contributed by atoms with Crippen molar-refractivity contribution in [1.29, 1.82) is 0 Å². The van der Waals surface area contributed by atoms with Gasteiger partial charge in [-0.05, 0) is 40.5 Å². The average molecular weight is 374 g/mol. The Balaban J connectivity index is 3.06. The van der Waals surface area contributed by atoms with E-state index in [2.05, 4.69) is 31.9 Å². The van der Waals surface area contributed by atoms with Crippen LogP contribution in [-0.2, 0) is 9.84 Å². The normalized spacial score (nSPS) is 15.8. The molecule has 0 saturated carbocycles. The molecule has 0 heterocycles. The van der Waals surface area contributed by atoms with E-state index in [9.17, 15) is 12.8 Å². The van der Waals surface area contributed by atoms with Crippen molar-refractivity contribution in [3.63, 3.8) is 0 Å². The number of sulfone groups is 1. The first-order valence-electron chi connectivity index (χ1n) is 4.51. The smallest absolute Gasteiger partial charge is 0.151 e. The Hall–Kier alpha value is 0.0600. The quantitative estimate of drug-likeness (QED) is 0.760. The van der Waals surface area contributed by atoms with E-state index in [1.54, 1.807) is 19.1 Å². The molecule has 1 aromatic carbocycles. The van der Waals surface area contributed by atoms with Gasteiger partial charge in [-0.1, -0.05) is 22.0 Å². The van der Waals surface area contributed by atoms with E-state index in [0.717, 1.165) is 5.56 Å². The predicted molar refractivity (Wildman–Crippen MR) is 70.1 cm³/mol. The largest absolute Gasteiger partial charge is 0.229 e. The van der Waals surface area contributed by atoms with Crippen molar-refractivity contribution in [2.45, 2.75) is 17.0 Å². The van der Waals surface area contributed by atoms with Gasteiger partial charge in [0.25, 0.3) is 0 Å². The summed E-state index contributed by atoms with van der Waals surface area (Å²) in [6.07, 6.45) is 1.19. The van der Waals surface area contributed by atoms with Crippen molar-refractivity contribution >= 4 is 41.7 Å². The fraction of sp³-hybridized carbons (Fsp3) is 0.400. The summed E-state index contributed by atoms with van der Waals surface area (Å²) in [4.78, 5) is -0.348. The lowest BCUT2D eigenvalue weighted by Crippen LogP contribution is -2.20. The summed E-state index contributed by atoms with van der Waals surface area (Å²) >= 11 is 6.39. The molecule has 2 nitrogen and oxygen atoms in total. The maximum Gasteiger partial charge on any atom is 0.151 e.